The zero-order chi connectivity index (χ0) is 14.4. The SMILES string of the molecule is Br.C=CC(C)(C)N1CCC2(c3cccc(O)c3)CCC1C2. The smallest absolute Gasteiger partial charge is 0.115 e. The van der Waals surface area contributed by atoms with Crippen LogP contribution in [0.25, 0.3) is 0 Å². The Bertz CT molecular complexity index is 528. The fourth-order valence-electron chi connectivity index (χ4n) is 4.23. The number of phenols is 1. The summed E-state index contributed by atoms with van der Waals surface area (Å²) in [5.74, 6) is 0.397. The first-order valence-corrected chi connectivity index (χ1v) is 7.67. The molecule has 2 atom stereocenters. The number of hydrogen-bond acceptors (Lipinski definition) is 2. The molecule has 1 aromatic carbocycles. The molecule has 0 spiro atoms. The van der Waals surface area contributed by atoms with Crippen LogP contribution in [0.3, 0.4) is 0 Å². The number of hydrogen-bond donors (Lipinski definition) is 1. The molecular formula is C18H26BrNO. The molecule has 1 aliphatic heterocycles. The minimum atomic E-state index is 0. The molecule has 2 fully saturated rings. The Balaban J connectivity index is 0.00000161. The lowest BCUT2D eigenvalue weighted by Crippen LogP contribution is -2.52. The van der Waals surface area contributed by atoms with Gasteiger partial charge in [-0.25, -0.2) is 0 Å². The second-order valence-electron chi connectivity index (χ2n) is 7.03. The van der Waals surface area contributed by atoms with E-state index >= 15 is 0 Å². The molecule has 1 saturated heterocycles. The molecule has 3 rings (SSSR count). The molecule has 116 valence electrons. The van der Waals surface area contributed by atoms with E-state index in [0.29, 0.717) is 11.8 Å². The number of rotatable bonds is 3. The van der Waals surface area contributed by atoms with Crippen molar-refractivity contribution in [3.63, 3.8) is 0 Å². The standard InChI is InChI=1S/C18H25NO.BrH/c1-4-17(2,3)19-11-10-18(9-8-15(19)13-18)14-6-5-7-16(20)12-14;/h4-7,12,15,20H,1,8-11,13H2,2-3H3;1H. The van der Waals surface area contributed by atoms with E-state index in [9.17, 15) is 5.11 Å². The number of piperidine rings is 1. The van der Waals surface area contributed by atoms with Gasteiger partial charge in [-0.05, 0) is 62.6 Å². The lowest BCUT2D eigenvalue weighted by atomic mass is 9.73. The fraction of sp³-hybridized carbons (Fsp3) is 0.556. The minimum Gasteiger partial charge on any atom is -0.508 e. The van der Waals surface area contributed by atoms with Crippen LogP contribution in [0.1, 0.15) is 45.1 Å². The summed E-state index contributed by atoms with van der Waals surface area (Å²) in [6.45, 7) is 9.65. The molecule has 0 amide bonds. The Hall–Kier alpha value is -0.800. The summed E-state index contributed by atoms with van der Waals surface area (Å²) in [6, 6.07) is 8.56. The van der Waals surface area contributed by atoms with Gasteiger partial charge >= 0.3 is 0 Å². The number of benzene rings is 1. The Kier molecular flexibility index (Phi) is 4.55. The van der Waals surface area contributed by atoms with Gasteiger partial charge in [0.2, 0.25) is 0 Å². The number of phenolic OH excluding ortho intramolecular Hbond substituents is 1. The van der Waals surface area contributed by atoms with E-state index in [1.54, 1.807) is 6.07 Å². The van der Waals surface area contributed by atoms with Gasteiger partial charge in [0.15, 0.2) is 0 Å². The first-order valence-electron chi connectivity index (χ1n) is 7.67. The zero-order valence-corrected chi connectivity index (χ0v) is 14.7. The summed E-state index contributed by atoms with van der Waals surface area (Å²) < 4.78 is 0. The highest BCUT2D eigenvalue weighted by molar-refractivity contribution is 8.93. The summed E-state index contributed by atoms with van der Waals surface area (Å²) in [4.78, 5) is 2.62. The first-order chi connectivity index (χ1) is 9.47. The Morgan fingerprint density at radius 2 is 2.14 bits per heavy atom. The van der Waals surface area contributed by atoms with Crippen LogP contribution in [0.5, 0.6) is 5.75 Å². The van der Waals surface area contributed by atoms with E-state index in [0.717, 1.165) is 6.54 Å². The molecule has 21 heavy (non-hydrogen) atoms. The first kappa shape index (κ1) is 16.6. The van der Waals surface area contributed by atoms with Crippen molar-refractivity contribution < 1.29 is 5.11 Å². The molecule has 0 aromatic heterocycles. The monoisotopic (exact) mass is 351 g/mol. The summed E-state index contributed by atoms with van der Waals surface area (Å²) in [6.07, 6.45) is 6.97. The number of likely N-dealkylation sites (tertiary alicyclic amines) is 1. The maximum absolute atomic E-state index is 9.76. The van der Waals surface area contributed by atoms with Crippen molar-refractivity contribution in [2.45, 2.75) is 56.5 Å². The molecule has 0 radical (unpaired) electrons. The molecule has 2 aliphatic rings. The third-order valence-corrected chi connectivity index (χ3v) is 5.55. The van der Waals surface area contributed by atoms with Crippen LogP contribution in [-0.4, -0.2) is 28.1 Å². The molecule has 1 saturated carbocycles. The number of aromatic hydroxyl groups is 1. The third kappa shape index (κ3) is 2.78. The van der Waals surface area contributed by atoms with Crippen molar-refractivity contribution in [2.75, 3.05) is 6.54 Å². The van der Waals surface area contributed by atoms with Crippen LogP contribution in [-0.2, 0) is 5.41 Å². The minimum absolute atomic E-state index is 0. The molecule has 1 aromatic rings. The normalized spacial score (nSPS) is 29.0. The van der Waals surface area contributed by atoms with Gasteiger partial charge in [-0.3, -0.25) is 4.90 Å². The number of halogens is 1. The average molecular weight is 352 g/mol. The number of fused-ring (bicyclic) bond motifs is 2. The molecule has 2 unspecified atom stereocenters. The molecule has 1 N–H and O–H groups in total. The quantitative estimate of drug-likeness (QED) is 0.814. The van der Waals surface area contributed by atoms with Gasteiger partial charge in [0, 0.05) is 18.1 Å². The van der Waals surface area contributed by atoms with Crippen LogP contribution < -0.4 is 0 Å². The Labute approximate surface area is 138 Å². The molecular weight excluding hydrogens is 326 g/mol. The van der Waals surface area contributed by atoms with Crippen LogP contribution in [0.15, 0.2) is 36.9 Å². The van der Waals surface area contributed by atoms with Crippen molar-refractivity contribution in [2.24, 2.45) is 0 Å². The highest BCUT2D eigenvalue weighted by Gasteiger charge is 2.48. The third-order valence-electron chi connectivity index (χ3n) is 5.55. The fourth-order valence-corrected chi connectivity index (χ4v) is 4.23. The molecule has 3 heteroatoms. The summed E-state index contributed by atoms with van der Waals surface area (Å²) in [5.41, 5.74) is 1.70. The zero-order valence-electron chi connectivity index (χ0n) is 13.0. The van der Waals surface area contributed by atoms with E-state index in [2.05, 4.69) is 37.5 Å². The maximum atomic E-state index is 9.76. The van der Waals surface area contributed by atoms with Crippen LogP contribution in [0.2, 0.25) is 0 Å². The van der Waals surface area contributed by atoms with Gasteiger partial charge in [-0.2, -0.15) is 0 Å². The van der Waals surface area contributed by atoms with E-state index in [1.807, 2.05) is 12.1 Å². The van der Waals surface area contributed by atoms with Gasteiger partial charge in [-0.1, -0.05) is 18.2 Å². The average Bonchev–Trinajstić information content (AvgIpc) is 2.77. The van der Waals surface area contributed by atoms with Gasteiger partial charge in [0.05, 0.1) is 0 Å². The van der Waals surface area contributed by atoms with Crippen molar-refractivity contribution in [3.8, 4) is 5.75 Å². The lowest BCUT2D eigenvalue weighted by Gasteiger charge is -2.46. The van der Waals surface area contributed by atoms with E-state index < -0.39 is 0 Å². The van der Waals surface area contributed by atoms with Gasteiger partial charge in [0.25, 0.3) is 0 Å². The molecule has 2 nitrogen and oxygen atoms in total. The van der Waals surface area contributed by atoms with E-state index in [4.69, 9.17) is 0 Å². The van der Waals surface area contributed by atoms with Crippen LogP contribution >= 0.6 is 17.0 Å². The van der Waals surface area contributed by atoms with E-state index in [1.165, 1.54) is 31.2 Å². The second-order valence-corrected chi connectivity index (χ2v) is 7.03. The van der Waals surface area contributed by atoms with Crippen molar-refractivity contribution in [3.05, 3.63) is 42.5 Å². The summed E-state index contributed by atoms with van der Waals surface area (Å²) in [5, 5.41) is 9.76. The predicted molar refractivity (Wildman–Crippen MR) is 93.3 cm³/mol. The van der Waals surface area contributed by atoms with E-state index in [-0.39, 0.29) is 27.9 Å². The Morgan fingerprint density at radius 1 is 1.38 bits per heavy atom. The van der Waals surface area contributed by atoms with Gasteiger partial charge < -0.3 is 5.11 Å². The lowest BCUT2D eigenvalue weighted by molar-refractivity contribution is 0.0678. The summed E-state index contributed by atoms with van der Waals surface area (Å²) >= 11 is 0. The molecule has 2 bridgehead atoms. The van der Waals surface area contributed by atoms with Crippen LogP contribution in [0, 0.1) is 0 Å². The van der Waals surface area contributed by atoms with Crippen molar-refractivity contribution in [1.82, 2.24) is 4.90 Å². The largest absolute Gasteiger partial charge is 0.508 e. The van der Waals surface area contributed by atoms with Gasteiger partial charge in [-0.15, -0.1) is 23.6 Å². The van der Waals surface area contributed by atoms with Crippen molar-refractivity contribution in [1.29, 1.82) is 0 Å². The highest BCUT2D eigenvalue weighted by Crippen LogP contribution is 2.50. The van der Waals surface area contributed by atoms with Crippen LogP contribution in [0.4, 0.5) is 0 Å². The van der Waals surface area contributed by atoms with Gasteiger partial charge in [0.1, 0.15) is 5.75 Å². The molecule has 1 aliphatic carbocycles. The van der Waals surface area contributed by atoms with Crippen molar-refractivity contribution >= 4 is 17.0 Å². The maximum Gasteiger partial charge on any atom is 0.115 e. The topological polar surface area (TPSA) is 23.5 Å². The molecule has 1 heterocycles. The highest BCUT2D eigenvalue weighted by atomic mass is 79.9. The Morgan fingerprint density at radius 3 is 2.81 bits per heavy atom. The summed E-state index contributed by atoms with van der Waals surface area (Å²) in [7, 11) is 0. The number of nitrogens with zero attached hydrogens (tertiary/aromatic N) is 1. The second kappa shape index (κ2) is 5.77. The predicted octanol–water partition coefficient (Wildman–Crippen LogP) is 4.43.